The maximum atomic E-state index is 3.87. The molecule has 20 heavy (non-hydrogen) atoms. The molecule has 1 aromatic rings. The van der Waals surface area contributed by atoms with Crippen LogP contribution in [0.15, 0.2) is 18.2 Å². The zero-order valence-corrected chi connectivity index (χ0v) is 12.3. The Morgan fingerprint density at radius 1 is 1.05 bits per heavy atom. The molecule has 1 nitrogen and oxygen atoms in total. The summed E-state index contributed by atoms with van der Waals surface area (Å²) in [6.07, 6.45) is 11.4. The van der Waals surface area contributed by atoms with Gasteiger partial charge in [-0.3, -0.25) is 0 Å². The Balaban J connectivity index is 1.71. The number of benzene rings is 1. The predicted octanol–water partition coefficient (Wildman–Crippen LogP) is 3.91. The molecular weight excluding hydrogens is 242 g/mol. The van der Waals surface area contributed by atoms with Gasteiger partial charge in [-0.25, -0.2) is 0 Å². The minimum absolute atomic E-state index is 0.548. The third kappa shape index (κ3) is 1.48. The van der Waals surface area contributed by atoms with Crippen LogP contribution in [0.5, 0.6) is 0 Å². The van der Waals surface area contributed by atoms with E-state index in [4.69, 9.17) is 0 Å². The summed E-state index contributed by atoms with van der Waals surface area (Å²) in [5.74, 6) is 1.83. The van der Waals surface area contributed by atoms with Gasteiger partial charge in [-0.05, 0) is 73.6 Å². The molecule has 0 spiro atoms. The molecule has 0 amide bonds. The van der Waals surface area contributed by atoms with Crippen molar-refractivity contribution in [1.82, 2.24) is 5.32 Å². The van der Waals surface area contributed by atoms with Gasteiger partial charge in [-0.2, -0.15) is 0 Å². The zero-order chi connectivity index (χ0) is 13.2. The van der Waals surface area contributed by atoms with E-state index in [-0.39, 0.29) is 0 Å². The molecule has 1 N–H and O–H groups in total. The third-order valence-corrected chi connectivity index (χ3v) is 6.75. The fraction of sp³-hybridized carbons (Fsp3) is 0.684. The van der Waals surface area contributed by atoms with Crippen molar-refractivity contribution in [3.8, 4) is 0 Å². The molecule has 0 unspecified atom stereocenters. The largest absolute Gasteiger partial charge is 0.313 e. The fourth-order valence-electron chi connectivity index (χ4n) is 5.77. The van der Waals surface area contributed by atoms with E-state index in [1.165, 1.54) is 57.9 Å². The smallest absolute Gasteiger partial charge is 0.0144 e. The molecule has 3 atom stereocenters. The van der Waals surface area contributed by atoms with Crippen molar-refractivity contribution in [3.63, 3.8) is 0 Å². The highest BCUT2D eigenvalue weighted by Gasteiger charge is 2.52. The quantitative estimate of drug-likeness (QED) is 0.813. The van der Waals surface area contributed by atoms with Gasteiger partial charge in [-0.1, -0.05) is 31.0 Å². The Morgan fingerprint density at radius 2 is 2.00 bits per heavy atom. The highest BCUT2D eigenvalue weighted by atomic mass is 15.0. The molecule has 106 valence electrons. The van der Waals surface area contributed by atoms with Crippen molar-refractivity contribution in [3.05, 3.63) is 34.9 Å². The second kappa shape index (κ2) is 4.10. The molecule has 0 aromatic heterocycles. The lowest BCUT2D eigenvalue weighted by atomic mass is 9.52. The van der Waals surface area contributed by atoms with Crippen molar-refractivity contribution >= 4 is 0 Å². The Labute approximate surface area is 122 Å². The van der Waals surface area contributed by atoms with Crippen LogP contribution >= 0.6 is 0 Å². The molecule has 1 heteroatoms. The first-order valence-electron chi connectivity index (χ1n) is 8.74. The summed E-state index contributed by atoms with van der Waals surface area (Å²) < 4.78 is 0. The summed E-state index contributed by atoms with van der Waals surface area (Å²) in [5, 5.41) is 3.87. The van der Waals surface area contributed by atoms with Gasteiger partial charge in [0, 0.05) is 11.5 Å². The van der Waals surface area contributed by atoms with Gasteiger partial charge in [0.15, 0.2) is 0 Å². The number of hydrogen-bond donors (Lipinski definition) is 1. The predicted molar refractivity (Wildman–Crippen MR) is 82.2 cm³/mol. The van der Waals surface area contributed by atoms with Gasteiger partial charge in [0.25, 0.3) is 0 Å². The van der Waals surface area contributed by atoms with E-state index in [9.17, 15) is 0 Å². The number of rotatable bonds is 1. The molecule has 3 aliphatic carbocycles. The van der Waals surface area contributed by atoms with Crippen LogP contribution in [0.1, 0.15) is 67.6 Å². The second-order valence-corrected chi connectivity index (χ2v) is 7.67. The van der Waals surface area contributed by atoms with Crippen molar-refractivity contribution in [1.29, 1.82) is 0 Å². The minimum atomic E-state index is 0.548. The summed E-state index contributed by atoms with van der Waals surface area (Å²) in [6, 6.07) is 8.08. The number of piperidine rings is 1. The molecule has 2 saturated carbocycles. The van der Waals surface area contributed by atoms with E-state index < -0.39 is 0 Å². The van der Waals surface area contributed by atoms with Crippen LogP contribution in [0, 0.1) is 5.92 Å². The van der Waals surface area contributed by atoms with Crippen LogP contribution in [-0.4, -0.2) is 12.6 Å². The Kier molecular flexibility index (Phi) is 2.42. The highest BCUT2D eigenvalue weighted by molar-refractivity contribution is 5.48. The van der Waals surface area contributed by atoms with Crippen LogP contribution in [-0.2, 0) is 11.8 Å². The first kappa shape index (κ1) is 11.8. The van der Waals surface area contributed by atoms with E-state index in [0.29, 0.717) is 5.41 Å². The maximum Gasteiger partial charge on any atom is 0.0144 e. The summed E-state index contributed by atoms with van der Waals surface area (Å²) in [4.78, 5) is 0. The van der Waals surface area contributed by atoms with Gasteiger partial charge < -0.3 is 5.32 Å². The Hall–Kier alpha value is -0.820. The number of hydrogen-bond acceptors (Lipinski definition) is 1. The molecular formula is C19H25N. The minimum Gasteiger partial charge on any atom is -0.313 e. The van der Waals surface area contributed by atoms with E-state index in [1.807, 2.05) is 0 Å². The molecule has 3 fully saturated rings. The lowest BCUT2D eigenvalue weighted by Gasteiger charge is -2.56. The van der Waals surface area contributed by atoms with Gasteiger partial charge in [0.1, 0.15) is 0 Å². The van der Waals surface area contributed by atoms with E-state index in [2.05, 4.69) is 23.5 Å². The molecule has 5 rings (SSSR count). The number of fused-ring (bicyclic) bond motifs is 1. The van der Waals surface area contributed by atoms with E-state index >= 15 is 0 Å². The van der Waals surface area contributed by atoms with Crippen LogP contribution in [0.4, 0.5) is 0 Å². The highest BCUT2D eigenvalue weighted by Crippen LogP contribution is 2.55. The Bertz CT molecular complexity index is 541. The Morgan fingerprint density at radius 3 is 2.90 bits per heavy atom. The molecule has 4 aliphatic rings. The average molecular weight is 267 g/mol. The first-order chi connectivity index (χ1) is 9.88. The normalized spacial score (nSPS) is 39.0. The second-order valence-electron chi connectivity index (χ2n) is 7.67. The molecule has 2 bridgehead atoms. The number of nitrogens with one attached hydrogen (secondary N) is 1. The van der Waals surface area contributed by atoms with Gasteiger partial charge in [0.05, 0.1) is 0 Å². The lowest BCUT2D eigenvalue weighted by Crippen LogP contribution is -2.59. The van der Waals surface area contributed by atoms with Crippen LogP contribution in [0.25, 0.3) is 0 Å². The van der Waals surface area contributed by atoms with E-state index in [0.717, 1.165) is 17.9 Å². The molecule has 0 radical (unpaired) electrons. The van der Waals surface area contributed by atoms with Crippen molar-refractivity contribution in [2.24, 2.45) is 5.92 Å². The van der Waals surface area contributed by atoms with Gasteiger partial charge in [-0.15, -0.1) is 0 Å². The van der Waals surface area contributed by atoms with Crippen LogP contribution in [0.2, 0.25) is 0 Å². The zero-order valence-electron chi connectivity index (χ0n) is 12.3. The third-order valence-electron chi connectivity index (χ3n) is 6.75. The monoisotopic (exact) mass is 267 g/mol. The van der Waals surface area contributed by atoms with Crippen molar-refractivity contribution in [2.75, 3.05) is 6.54 Å². The molecule has 1 heterocycles. The van der Waals surface area contributed by atoms with E-state index in [1.54, 1.807) is 16.7 Å². The summed E-state index contributed by atoms with van der Waals surface area (Å²) in [5.41, 5.74) is 5.82. The lowest BCUT2D eigenvalue weighted by molar-refractivity contribution is 0.0795. The topological polar surface area (TPSA) is 12.0 Å². The van der Waals surface area contributed by atoms with Crippen molar-refractivity contribution in [2.45, 2.75) is 68.7 Å². The summed E-state index contributed by atoms with van der Waals surface area (Å²) >= 11 is 0. The first-order valence-corrected chi connectivity index (χ1v) is 8.74. The van der Waals surface area contributed by atoms with Crippen LogP contribution in [0.3, 0.4) is 0 Å². The standard InChI is InChI=1S/C19H25N/c1-2-9-19-10-11-20-18(17(19)5-1)12-15-14(13-7-8-13)4-3-6-16(15)19/h3-4,6,13,17-18,20H,1-2,5,7-12H2/t17-,18+,19-/m0/s1. The SMILES string of the molecule is c1cc(C2CC2)c2c(c1)[C@@]13CCCC[C@H]1[C@@H](C2)NCC3. The maximum absolute atomic E-state index is 3.87. The fourth-order valence-corrected chi connectivity index (χ4v) is 5.77. The van der Waals surface area contributed by atoms with Crippen molar-refractivity contribution < 1.29 is 0 Å². The summed E-state index contributed by atoms with van der Waals surface area (Å²) in [7, 11) is 0. The summed E-state index contributed by atoms with van der Waals surface area (Å²) in [6.45, 7) is 1.24. The average Bonchev–Trinajstić information content (AvgIpc) is 3.31. The molecule has 1 saturated heterocycles. The van der Waals surface area contributed by atoms with Gasteiger partial charge in [0.2, 0.25) is 0 Å². The van der Waals surface area contributed by atoms with Gasteiger partial charge >= 0.3 is 0 Å². The molecule has 1 aromatic carbocycles. The van der Waals surface area contributed by atoms with Crippen LogP contribution < -0.4 is 5.32 Å². The molecule has 1 aliphatic heterocycles.